The molecule has 1 heterocycles. The highest BCUT2D eigenvalue weighted by Crippen LogP contribution is 2.37. The van der Waals surface area contributed by atoms with Crippen LogP contribution < -0.4 is 5.73 Å². The van der Waals surface area contributed by atoms with E-state index in [1.54, 1.807) is 0 Å². The van der Waals surface area contributed by atoms with E-state index in [-0.39, 0.29) is 13.2 Å². The number of likely N-dealkylation sites (tertiary alicyclic amines) is 1. The van der Waals surface area contributed by atoms with Crippen molar-refractivity contribution in [2.45, 2.75) is 12.6 Å². The van der Waals surface area contributed by atoms with Gasteiger partial charge in [-0.25, -0.2) is 0 Å². The topological polar surface area (TPSA) is 38.5 Å². The molecular formula is C10H19F3N2O. The molecule has 0 aliphatic carbocycles. The summed E-state index contributed by atoms with van der Waals surface area (Å²) in [5.41, 5.74) is 5.35. The van der Waals surface area contributed by atoms with Crippen molar-refractivity contribution in [2.24, 2.45) is 17.6 Å². The molecule has 1 saturated heterocycles. The molecule has 96 valence electrons. The molecule has 0 amide bonds. The minimum Gasteiger partial charge on any atom is -0.384 e. The molecule has 16 heavy (non-hydrogen) atoms. The molecule has 1 aliphatic rings. The Kier molecular flexibility index (Phi) is 5.01. The van der Waals surface area contributed by atoms with Gasteiger partial charge in [0, 0.05) is 26.1 Å². The standard InChI is InChI=1S/C10H19F3N2O/c1-16-7-8-5-15(4-2-3-14)6-9(8)10(11,12)13/h8-9H,2-7,14H2,1H3/t8-,9+/m1/s1. The Bertz CT molecular complexity index is 211. The van der Waals surface area contributed by atoms with Crippen LogP contribution in [-0.2, 0) is 4.74 Å². The van der Waals surface area contributed by atoms with Crippen molar-refractivity contribution in [1.29, 1.82) is 0 Å². The molecule has 0 radical (unpaired) electrons. The van der Waals surface area contributed by atoms with Crippen molar-refractivity contribution < 1.29 is 17.9 Å². The smallest absolute Gasteiger partial charge is 0.384 e. The first kappa shape index (κ1) is 13.7. The second-order valence-electron chi connectivity index (χ2n) is 4.27. The molecule has 0 spiro atoms. The van der Waals surface area contributed by atoms with Gasteiger partial charge in [0.05, 0.1) is 12.5 Å². The van der Waals surface area contributed by atoms with Crippen molar-refractivity contribution >= 4 is 0 Å². The lowest BCUT2D eigenvalue weighted by Gasteiger charge is -2.20. The summed E-state index contributed by atoms with van der Waals surface area (Å²) in [6.45, 7) is 1.87. The minimum absolute atomic E-state index is 0.0809. The number of methoxy groups -OCH3 is 1. The van der Waals surface area contributed by atoms with Crippen LogP contribution in [0, 0.1) is 11.8 Å². The van der Waals surface area contributed by atoms with E-state index >= 15 is 0 Å². The normalized spacial score (nSPS) is 27.6. The van der Waals surface area contributed by atoms with Crippen molar-refractivity contribution in [1.82, 2.24) is 4.90 Å². The maximum Gasteiger partial charge on any atom is 0.393 e. The summed E-state index contributed by atoms with van der Waals surface area (Å²) >= 11 is 0. The van der Waals surface area contributed by atoms with E-state index in [4.69, 9.17) is 10.5 Å². The van der Waals surface area contributed by atoms with Gasteiger partial charge in [0.15, 0.2) is 0 Å². The monoisotopic (exact) mass is 240 g/mol. The maximum absolute atomic E-state index is 12.7. The number of alkyl halides is 3. The van der Waals surface area contributed by atoms with E-state index in [9.17, 15) is 13.2 Å². The number of hydrogen-bond donors (Lipinski definition) is 1. The molecule has 3 nitrogen and oxygen atoms in total. The highest BCUT2D eigenvalue weighted by Gasteiger charge is 2.49. The Hall–Kier alpha value is -0.330. The Labute approximate surface area is 93.7 Å². The third-order valence-corrected chi connectivity index (χ3v) is 3.00. The summed E-state index contributed by atoms with van der Waals surface area (Å²) in [6, 6.07) is 0. The van der Waals surface area contributed by atoms with E-state index in [1.807, 2.05) is 4.90 Å². The number of halogens is 3. The summed E-state index contributed by atoms with van der Waals surface area (Å²) in [4.78, 5) is 1.83. The van der Waals surface area contributed by atoms with Crippen LogP contribution >= 0.6 is 0 Å². The zero-order valence-electron chi connectivity index (χ0n) is 9.46. The third kappa shape index (κ3) is 3.61. The van der Waals surface area contributed by atoms with Gasteiger partial charge in [-0.15, -0.1) is 0 Å². The van der Waals surface area contributed by atoms with E-state index in [0.717, 1.165) is 6.42 Å². The highest BCUT2D eigenvalue weighted by atomic mass is 19.4. The van der Waals surface area contributed by atoms with Gasteiger partial charge in [0.1, 0.15) is 0 Å². The van der Waals surface area contributed by atoms with Gasteiger partial charge < -0.3 is 15.4 Å². The van der Waals surface area contributed by atoms with Crippen LogP contribution in [0.3, 0.4) is 0 Å². The average molecular weight is 240 g/mol. The fourth-order valence-electron chi connectivity index (χ4n) is 2.21. The summed E-state index contributed by atoms with van der Waals surface area (Å²) < 4.78 is 43.0. The molecule has 2 N–H and O–H groups in total. The molecule has 1 aliphatic heterocycles. The molecule has 2 atom stereocenters. The fraction of sp³-hybridized carbons (Fsp3) is 1.00. The lowest BCUT2D eigenvalue weighted by Crippen LogP contribution is -2.32. The van der Waals surface area contributed by atoms with E-state index in [0.29, 0.717) is 19.6 Å². The van der Waals surface area contributed by atoms with Crippen LogP contribution in [0.25, 0.3) is 0 Å². The van der Waals surface area contributed by atoms with Crippen LogP contribution in [0.4, 0.5) is 13.2 Å². The molecule has 0 saturated carbocycles. The summed E-state index contributed by atoms with van der Waals surface area (Å²) in [5, 5.41) is 0. The van der Waals surface area contributed by atoms with Crippen LogP contribution in [0.2, 0.25) is 0 Å². The van der Waals surface area contributed by atoms with Gasteiger partial charge in [-0.05, 0) is 19.5 Å². The second kappa shape index (κ2) is 5.84. The number of nitrogens with two attached hydrogens (primary N) is 1. The average Bonchev–Trinajstić information content (AvgIpc) is 2.58. The molecule has 1 fully saturated rings. The molecule has 0 aromatic heterocycles. The number of ether oxygens (including phenoxy) is 1. The van der Waals surface area contributed by atoms with Crippen molar-refractivity contribution in [2.75, 3.05) is 39.9 Å². The summed E-state index contributed by atoms with van der Waals surface area (Å²) in [6.07, 6.45) is -3.38. The molecule has 1 rings (SSSR count). The van der Waals surface area contributed by atoms with Crippen LogP contribution in [0.1, 0.15) is 6.42 Å². The first-order valence-corrected chi connectivity index (χ1v) is 5.47. The number of nitrogens with zero attached hydrogens (tertiary/aromatic N) is 1. The lowest BCUT2D eigenvalue weighted by molar-refractivity contribution is -0.183. The van der Waals surface area contributed by atoms with E-state index in [1.165, 1.54) is 7.11 Å². The van der Waals surface area contributed by atoms with Crippen LogP contribution in [0.15, 0.2) is 0 Å². The van der Waals surface area contributed by atoms with Crippen LogP contribution in [-0.4, -0.2) is 51.0 Å². The highest BCUT2D eigenvalue weighted by molar-refractivity contribution is 4.88. The molecular weight excluding hydrogens is 221 g/mol. The van der Waals surface area contributed by atoms with Crippen LogP contribution in [0.5, 0.6) is 0 Å². The third-order valence-electron chi connectivity index (χ3n) is 3.00. The van der Waals surface area contributed by atoms with E-state index in [2.05, 4.69) is 0 Å². The SMILES string of the molecule is COC[C@H]1CN(CCCN)C[C@@H]1C(F)(F)F. The summed E-state index contributed by atoms with van der Waals surface area (Å²) in [7, 11) is 1.44. The molecule has 6 heteroatoms. The Morgan fingerprint density at radius 3 is 2.56 bits per heavy atom. The Morgan fingerprint density at radius 1 is 1.38 bits per heavy atom. The molecule has 0 aromatic carbocycles. The molecule has 0 unspecified atom stereocenters. The van der Waals surface area contributed by atoms with Gasteiger partial charge in [0.2, 0.25) is 0 Å². The first-order chi connectivity index (χ1) is 7.49. The predicted molar refractivity (Wildman–Crippen MR) is 55.0 cm³/mol. The molecule has 0 bridgehead atoms. The van der Waals surface area contributed by atoms with Crippen molar-refractivity contribution in [3.05, 3.63) is 0 Å². The second-order valence-corrected chi connectivity index (χ2v) is 4.27. The van der Waals surface area contributed by atoms with Gasteiger partial charge in [-0.1, -0.05) is 0 Å². The zero-order valence-corrected chi connectivity index (χ0v) is 9.46. The summed E-state index contributed by atoms with van der Waals surface area (Å²) in [5.74, 6) is -1.70. The maximum atomic E-state index is 12.7. The van der Waals surface area contributed by atoms with Gasteiger partial charge in [0.25, 0.3) is 0 Å². The largest absolute Gasteiger partial charge is 0.393 e. The predicted octanol–water partition coefficient (Wildman–Crippen LogP) is 1.09. The quantitative estimate of drug-likeness (QED) is 0.782. The Morgan fingerprint density at radius 2 is 2.06 bits per heavy atom. The fourth-order valence-corrected chi connectivity index (χ4v) is 2.21. The van der Waals surface area contributed by atoms with Gasteiger partial charge in [-0.2, -0.15) is 13.2 Å². The lowest BCUT2D eigenvalue weighted by atomic mass is 9.96. The minimum atomic E-state index is -4.12. The van der Waals surface area contributed by atoms with E-state index < -0.39 is 18.0 Å². The zero-order chi connectivity index (χ0) is 12.2. The Balaban J connectivity index is 2.54. The molecule has 0 aromatic rings. The van der Waals surface area contributed by atoms with Crippen molar-refractivity contribution in [3.8, 4) is 0 Å². The number of hydrogen-bond acceptors (Lipinski definition) is 3. The van der Waals surface area contributed by atoms with Gasteiger partial charge >= 0.3 is 6.18 Å². The van der Waals surface area contributed by atoms with Crippen molar-refractivity contribution in [3.63, 3.8) is 0 Å². The first-order valence-electron chi connectivity index (χ1n) is 5.47. The van der Waals surface area contributed by atoms with Gasteiger partial charge in [-0.3, -0.25) is 0 Å². The number of rotatable bonds is 5.